The Kier molecular flexibility index (Phi) is 8.52. The molecule has 2 aliphatic rings. The van der Waals surface area contributed by atoms with Gasteiger partial charge in [-0.25, -0.2) is 4.79 Å². The molecule has 0 amide bonds. The maximum absolute atomic E-state index is 12.2. The lowest BCUT2D eigenvalue weighted by molar-refractivity contribution is -0.428. The molecule has 0 aromatic heterocycles. The highest BCUT2D eigenvalue weighted by molar-refractivity contribution is 6.03. The number of carbonyl (C=O) groups excluding carboxylic acids is 2. The van der Waals surface area contributed by atoms with Gasteiger partial charge in [-0.1, -0.05) is 73.6 Å². The summed E-state index contributed by atoms with van der Waals surface area (Å²) in [5.41, 5.74) is 8.40. The van der Waals surface area contributed by atoms with E-state index in [1.807, 2.05) is 39.9 Å². The summed E-state index contributed by atoms with van der Waals surface area (Å²) in [4.78, 5) is 26.5. The number of methoxy groups -OCH3 is 2. The molecule has 41 heavy (non-hydrogen) atoms. The number of allylic oxidation sites excluding steroid dienone is 8. The van der Waals surface area contributed by atoms with E-state index in [-0.39, 0.29) is 35.9 Å². The summed E-state index contributed by atoms with van der Waals surface area (Å²) in [5, 5.41) is 0. The third kappa shape index (κ3) is 5.83. The second-order valence-corrected chi connectivity index (χ2v) is 11.7. The van der Waals surface area contributed by atoms with Gasteiger partial charge < -0.3 is 14.4 Å². The lowest BCUT2D eigenvalue weighted by Crippen LogP contribution is -2.31. The van der Waals surface area contributed by atoms with E-state index in [0.29, 0.717) is 0 Å². The van der Waals surface area contributed by atoms with Gasteiger partial charge in [0.25, 0.3) is 0 Å². The second-order valence-electron chi connectivity index (χ2n) is 11.7. The minimum Gasteiger partial charge on any atom is -0.468 e. The van der Waals surface area contributed by atoms with Crippen molar-refractivity contribution in [1.29, 1.82) is 0 Å². The van der Waals surface area contributed by atoms with E-state index in [0.717, 1.165) is 22.8 Å². The molecule has 2 aromatic rings. The van der Waals surface area contributed by atoms with Gasteiger partial charge in [0, 0.05) is 34.5 Å². The molecule has 0 radical (unpaired) electrons. The summed E-state index contributed by atoms with van der Waals surface area (Å²) < 4.78 is 12.0. The molecule has 0 saturated heterocycles. The number of fused-ring (bicyclic) bond motifs is 2. The first-order valence-electron chi connectivity index (χ1n) is 13.9. The zero-order chi connectivity index (χ0) is 29.9. The van der Waals surface area contributed by atoms with Crippen LogP contribution in [0.3, 0.4) is 0 Å². The molecule has 0 atom stereocenters. The fourth-order valence-electron chi connectivity index (χ4n) is 5.79. The molecule has 0 fully saturated rings. The van der Waals surface area contributed by atoms with E-state index in [1.54, 1.807) is 0 Å². The van der Waals surface area contributed by atoms with Crippen LogP contribution in [0.2, 0.25) is 0 Å². The smallest absolute Gasteiger partial charge is 0.372 e. The zero-order valence-electron chi connectivity index (χ0n) is 25.4. The minimum atomic E-state index is -0.278. The summed E-state index contributed by atoms with van der Waals surface area (Å²) >= 11 is 0. The SMILES string of the molecule is COC(=O)CN1/C(=C/C=C/C=C/C=C/C2=[N+](CC(=O)OC)c3ccc(C)cc3C2(C)C)C(C)(C)c2cc(C)ccc21. The van der Waals surface area contributed by atoms with Gasteiger partial charge in [-0.3, -0.25) is 4.79 Å². The van der Waals surface area contributed by atoms with Gasteiger partial charge in [0.05, 0.1) is 19.6 Å². The van der Waals surface area contributed by atoms with Gasteiger partial charge in [0.2, 0.25) is 12.2 Å². The highest BCUT2D eigenvalue weighted by atomic mass is 16.5. The predicted octanol–water partition coefficient (Wildman–Crippen LogP) is 6.38. The van der Waals surface area contributed by atoms with E-state index in [4.69, 9.17) is 9.47 Å². The lowest BCUT2D eigenvalue weighted by atomic mass is 9.81. The number of aryl methyl sites for hydroxylation is 2. The molecule has 2 heterocycles. The Morgan fingerprint density at radius 2 is 1.41 bits per heavy atom. The van der Waals surface area contributed by atoms with Crippen LogP contribution in [0.5, 0.6) is 0 Å². The van der Waals surface area contributed by atoms with Gasteiger partial charge in [-0.2, -0.15) is 4.58 Å². The number of nitrogens with zero attached hydrogens (tertiary/aromatic N) is 2. The standard InChI is InChI=1S/C35H41N2O4/c1-24-16-18-28-26(20-24)34(3,4)30(36(28)22-32(38)40-7)14-12-10-9-11-13-15-31-35(5,6)27-21-25(2)17-19-29(27)37(31)23-33(39)41-8/h9-21H,22-23H2,1-8H3/q+1. The monoisotopic (exact) mass is 553 g/mol. The van der Waals surface area contributed by atoms with Gasteiger partial charge in [0.1, 0.15) is 6.54 Å². The van der Waals surface area contributed by atoms with Crippen LogP contribution in [0.1, 0.15) is 49.9 Å². The Balaban J connectivity index is 1.57. The molecular formula is C35H41N2O4+. The quantitative estimate of drug-likeness (QED) is 0.216. The molecule has 0 saturated carbocycles. The molecule has 6 nitrogen and oxygen atoms in total. The second kappa shape index (κ2) is 11.7. The fraction of sp³-hybridized carbons (Fsp3) is 0.343. The van der Waals surface area contributed by atoms with Gasteiger partial charge >= 0.3 is 11.9 Å². The summed E-state index contributed by atoms with van der Waals surface area (Å²) in [5.74, 6) is -0.556. The normalized spacial score (nSPS) is 18.1. The fourth-order valence-corrected chi connectivity index (χ4v) is 5.79. The Hall–Kier alpha value is -4.19. The average molecular weight is 554 g/mol. The number of esters is 2. The van der Waals surface area contributed by atoms with Crippen molar-refractivity contribution >= 4 is 29.0 Å². The molecule has 0 spiro atoms. The van der Waals surface area contributed by atoms with Crippen molar-refractivity contribution in [2.24, 2.45) is 0 Å². The molecule has 0 unspecified atom stereocenters. The van der Waals surface area contributed by atoms with E-state index < -0.39 is 0 Å². The highest BCUT2D eigenvalue weighted by Gasteiger charge is 2.45. The van der Waals surface area contributed by atoms with Crippen LogP contribution in [0.4, 0.5) is 11.4 Å². The van der Waals surface area contributed by atoms with Gasteiger partial charge in [-0.05, 0) is 51.5 Å². The number of ether oxygens (including phenoxy) is 2. The number of rotatable bonds is 8. The predicted molar refractivity (Wildman–Crippen MR) is 165 cm³/mol. The number of carbonyl (C=O) groups is 2. The maximum Gasteiger partial charge on any atom is 0.372 e. The number of hydrogen-bond acceptors (Lipinski definition) is 5. The van der Waals surface area contributed by atoms with Crippen LogP contribution in [0.25, 0.3) is 0 Å². The first-order chi connectivity index (χ1) is 19.4. The topological polar surface area (TPSA) is 58.8 Å². The largest absolute Gasteiger partial charge is 0.468 e. The molecular weight excluding hydrogens is 512 g/mol. The molecule has 0 bridgehead atoms. The van der Waals surface area contributed by atoms with Crippen molar-refractivity contribution in [3.8, 4) is 0 Å². The first-order valence-corrected chi connectivity index (χ1v) is 13.9. The Bertz CT molecular complexity index is 1520. The van der Waals surface area contributed by atoms with Crippen molar-refractivity contribution in [2.75, 3.05) is 32.2 Å². The highest BCUT2D eigenvalue weighted by Crippen LogP contribution is 2.48. The molecule has 6 heteroatoms. The minimum absolute atomic E-state index is 0.159. The molecule has 214 valence electrons. The number of anilines is 1. The van der Waals surface area contributed by atoms with E-state index in [9.17, 15) is 9.59 Å². The van der Waals surface area contributed by atoms with Gasteiger partial charge in [-0.15, -0.1) is 0 Å². The van der Waals surface area contributed by atoms with Crippen LogP contribution in [0.15, 0.2) is 84.6 Å². The van der Waals surface area contributed by atoms with Crippen molar-refractivity contribution in [3.05, 3.63) is 107 Å². The van der Waals surface area contributed by atoms with Crippen molar-refractivity contribution in [1.82, 2.24) is 0 Å². The molecule has 2 aliphatic heterocycles. The molecule has 0 N–H and O–H groups in total. The van der Waals surface area contributed by atoms with Crippen LogP contribution in [-0.2, 0) is 29.9 Å². The Morgan fingerprint density at radius 3 is 2.10 bits per heavy atom. The first kappa shape index (κ1) is 29.8. The van der Waals surface area contributed by atoms with Crippen LogP contribution < -0.4 is 4.90 Å². The van der Waals surface area contributed by atoms with Crippen LogP contribution in [-0.4, -0.2) is 49.5 Å². The van der Waals surface area contributed by atoms with E-state index in [1.165, 1.54) is 36.5 Å². The van der Waals surface area contributed by atoms with Crippen LogP contribution in [0, 0.1) is 13.8 Å². The van der Waals surface area contributed by atoms with Crippen molar-refractivity contribution in [2.45, 2.75) is 52.4 Å². The van der Waals surface area contributed by atoms with E-state index >= 15 is 0 Å². The van der Waals surface area contributed by atoms with Crippen molar-refractivity contribution in [3.63, 3.8) is 0 Å². The third-order valence-corrected chi connectivity index (χ3v) is 8.08. The molecule has 2 aromatic carbocycles. The maximum atomic E-state index is 12.2. The van der Waals surface area contributed by atoms with Crippen molar-refractivity contribution < 1.29 is 23.6 Å². The molecule has 0 aliphatic carbocycles. The number of hydrogen-bond donors (Lipinski definition) is 0. The van der Waals surface area contributed by atoms with Gasteiger partial charge in [0.15, 0.2) is 5.71 Å². The lowest BCUT2D eigenvalue weighted by Gasteiger charge is -2.26. The summed E-state index contributed by atoms with van der Waals surface area (Å²) in [6.07, 6.45) is 14.1. The average Bonchev–Trinajstić information content (AvgIpc) is 3.26. The molecule has 4 rings (SSSR count). The summed E-state index contributed by atoms with van der Waals surface area (Å²) in [6, 6.07) is 12.7. The van der Waals surface area contributed by atoms with E-state index in [2.05, 4.69) is 90.1 Å². The number of benzene rings is 2. The zero-order valence-corrected chi connectivity index (χ0v) is 25.4. The third-order valence-electron chi connectivity index (χ3n) is 8.08. The summed E-state index contributed by atoms with van der Waals surface area (Å²) in [7, 11) is 2.83. The Labute approximate surface area is 244 Å². The summed E-state index contributed by atoms with van der Waals surface area (Å²) in [6.45, 7) is 13.2. The van der Waals surface area contributed by atoms with Crippen LogP contribution >= 0.6 is 0 Å². The Morgan fingerprint density at radius 1 is 0.805 bits per heavy atom.